The molecule has 3 rings (SSSR count). The fourth-order valence-electron chi connectivity index (χ4n) is 3.90. The van der Waals surface area contributed by atoms with Gasteiger partial charge in [-0.1, -0.05) is 20.8 Å². The summed E-state index contributed by atoms with van der Waals surface area (Å²) in [5.74, 6) is -1.09. The van der Waals surface area contributed by atoms with Crippen molar-refractivity contribution in [3.63, 3.8) is 0 Å². The summed E-state index contributed by atoms with van der Waals surface area (Å²) in [6, 6.07) is 1.52. The van der Waals surface area contributed by atoms with Gasteiger partial charge < -0.3 is 19.5 Å². The monoisotopic (exact) mass is 417 g/mol. The zero-order valence-corrected chi connectivity index (χ0v) is 18.0. The number of hydrogen-bond acceptors (Lipinski definition) is 5. The van der Waals surface area contributed by atoms with Crippen molar-refractivity contribution in [2.75, 3.05) is 32.8 Å². The highest BCUT2D eigenvalue weighted by Gasteiger charge is 2.33. The summed E-state index contributed by atoms with van der Waals surface area (Å²) in [7, 11) is 0. The van der Waals surface area contributed by atoms with Crippen LogP contribution in [0.25, 0.3) is 0 Å². The van der Waals surface area contributed by atoms with Crippen molar-refractivity contribution in [3.05, 3.63) is 23.5 Å². The Bertz CT molecular complexity index is 809. The van der Waals surface area contributed by atoms with E-state index in [0.29, 0.717) is 37.2 Å². The van der Waals surface area contributed by atoms with Crippen LogP contribution in [0, 0.1) is 11.3 Å². The first kappa shape index (κ1) is 22.1. The first-order valence-corrected chi connectivity index (χ1v) is 10.6. The molecular formula is C22H31N3O5. The molecule has 164 valence electrons. The number of amides is 2. The van der Waals surface area contributed by atoms with Gasteiger partial charge in [0.25, 0.3) is 5.91 Å². The minimum atomic E-state index is -0.439. The molecule has 0 aromatic carbocycles. The normalized spacial score (nSPS) is 17.8. The maximum atomic E-state index is 12.4. The van der Waals surface area contributed by atoms with Crippen LogP contribution in [0.2, 0.25) is 0 Å². The summed E-state index contributed by atoms with van der Waals surface area (Å²) in [6.07, 6.45) is 4.55. The van der Waals surface area contributed by atoms with E-state index in [4.69, 9.17) is 4.74 Å². The highest BCUT2D eigenvalue weighted by Crippen LogP contribution is 2.24. The number of ether oxygens (including phenoxy) is 1. The lowest BCUT2D eigenvalue weighted by atomic mass is 9.91. The summed E-state index contributed by atoms with van der Waals surface area (Å²) in [5, 5.41) is 0. The molecule has 0 bridgehead atoms. The number of ketones is 1. The van der Waals surface area contributed by atoms with Crippen LogP contribution >= 0.6 is 0 Å². The molecule has 1 aromatic heterocycles. The van der Waals surface area contributed by atoms with Gasteiger partial charge >= 0.3 is 5.97 Å². The number of H-pyrrole nitrogens is 1. The maximum absolute atomic E-state index is 12.4. The fraction of sp³-hybridized carbons (Fsp3) is 0.636. The average Bonchev–Trinajstić information content (AvgIpc) is 3.42. The Balaban J connectivity index is 1.46. The molecule has 0 unspecified atom stereocenters. The Morgan fingerprint density at radius 1 is 1.03 bits per heavy atom. The van der Waals surface area contributed by atoms with Crippen LogP contribution in [0.1, 0.15) is 67.3 Å². The summed E-state index contributed by atoms with van der Waals surface area (Å²) in [6.45, 7) is 7.80. The third-order valence-corrected chi connectivity index (χ3v) is 5.73. The van der Waals surface area contributed by atoms with Gasteiger partial charge in [0.2, 0.25) is 11.7 Å². The Morgan fingerprint density at radius 3 is 2.27 bits per heavy atom. The lowest BCUT2D eigenvalue weighted by Crippen LogP contribution is -2.45. The molecule has 0 radical (unpaired) electrons. The molecule has 2 amide bonds. The lowest BCUT2D eigenvalue weighted by Gasteiger charge is -2.34. The van der Waals surface area contributed by atoms with Gasteiger partial charge in [-0.3, -0.25) is 19.2 Å². The largest absolute Gasteiger partial charge is 0.457 e. The second-order valence-electron chi connectivity index (χ2n) is 9.15. The van der Waals surface area contributed by atoms with Gasteiger partial charge in [0, 0.05) is 43.4 Å². The van der Waals surface area contributed by atoms with E-state index < -0.39 is 11.4 Å². The van der Waals surface area contributed by atoms with E-state index in [0.717, 1.165) is 25.9 Å². The van der Waals surface area contributed by atoms with Crippen LogP contribution in [0.3, 0.4) is 0 Å². The molecule has 8 heteroatoms. The number of likely N-dealkylation sites (tertiary alicyclic amines) is 2. The number of esters is 1. The first-order chi connectivity index (χ1) is 14.2. The van der Waals surface area contributed by atoms with Crippen LogP contribution in [0.15, 0.2) is 12.3 Å². The molecule has 2 aliphatic rings. The molecule has 2 fully saturated rings. The number of nitrogens with one attached hydrogen (secondary N) is 1. The maximum Gasteiger partial charge on any atom is 0.309 e. The van der Waals surface area contributed by atoms with Gasteiger partial charge in [-0.05, 0) is 31.7 Å². The summed E-state index contributed by atoms with van der Waals surface area (Å²) >= 11 is 0. The molecule has 0 aliphatic carbocycles. The third kappa shape index (κ3) is 5.09. The van der Waals surface area contributed by atoms with Crippen molar-refractivity contribution in [2.45, 2.75) is 46.5 Å². The van der Waals surface area contributed by atoms with Gasteiger partial charge in [-0.25, -0.2) is 0 Å². The molecular weight excluding hydrogens is 386 g/mol. The van der Waals surface area contributed by atoms with Crippen molar-refractivity contribution < 1.29 is 23.9 Å². The van der Waals surface area contributed by atoms with Crippen molar-refractivity contribution in [2.24, 2.45) is 11.3 Å². The quantitative estimate of drug-likeness (QED) is 0.585. The molecule has 0 saturated carbocycles. The number of carbonyl (C=O) groups excluding carboxylic acids is 4. The molecule has 8 nitrogen and oxygen atoms in total. The topological polar surface area (TPSA) is 99.8 Å². The minimum Gasteiger partial charge on any atom is -0.457 e. The van der Waals surface area contributed by atoms with Gasteiger partial charge in [-0.15, -0.1) is 0 Å². The molecule has 2 aliphatic heterocycles. The Kier molecular flexibility index (Phi) is 6.63. The third-order valence-electron chi connectivity index (χ3n) is 5.73. The SMILES string of the molecule is CC(C)(C)C(=O)N1CCC(C(=O)OCC(=O)c2c[nH]c(C(=O)N3CCCC3)c2)CC1. The first-order valence-electron chi connectivity index (χ1n) is 10.6. The molecule has 1 aromatic rings. The zero-order valence-electron chi connectivity index (χ0n) is 18.0. The predicted molar refractivity (Wildman–Crippen MR) is 110 cm³/mol. The van der Waals surface area contributed by atoms with Crippen LogP contribution in [0.4, 0.5) is 0 Å². The van der Waals surface area contributed by atoms with Crippen molar-refractivity contribution in [1.29, 1.82) is 0 Å². The average molecular weight is 418 g/mol. The van der Waals surface area contributed by atoms with E-state index >= 15 is 0 Å². The number of Topliss-reactive ketones (excluding diaryl/α,β-unsaturated/α-hetero) is 1. The fourth-order valence-corrected chi connectivity index (χ4v) is 3.90. The van der Waals surface area contributed by atoms with Gasteiger partial charge in [0.1, 0.15) is 5.69 Å². The summed E-state index contributed by atoms with van der Waals surface area (Å²) in [4.78, 5) is 55.8. The predicted octanol–water partition coefficient (Wildman–Crippen LogP) is 2.26. The number of piperidine rings is 1. The standard InChI is InChI=1S/C22H31N3O5/c1-22(2,3)21(29)25-10-6-15(7-11-25)20(28)30-14-18(26)16-12-17(23-13-16)19(27)24-8-4-5-9-24/h12-13,15,23H,4-11,14H2,1-3H3. The molecule has 30 heavy (non-hydrogen) atoms. The number of hydrogen-bond donors (Lipinski definition) is 1. The summed E-state index contributed by atoms with van der Waals surface area (Å²) in [5.41, 5.74) is 0.268. The number of aromatic nitrogens is 1. The van der Waals surface area contributed by atoms with E-state index in [-0.39, 0.29) is 30.1 Å². The molecule has 2 saturated heterocycles. The highest BCUT2D eigenvalue weighted by molar-refractivity contribution is 6.01. The number of nitrogens with zero attached hydrogens (tertiary/aromatic N) is 2. The van der Waals surface area contributed by atoms with Crippen LogP contribution in [-0.2, 0) is 14.3 Å². The highest BCUT2D eigenvalue weighted by atomic mass is 16.5. The minimum absolute atomic E-state index is 0.0798. The molecule has 1 N–H and O–H groups in total. The van der Waals surface area contributed by atoms with E-state index in [1.54, 1.807) is 9.80 Å². The van der Waals surface area contributed by atoms with E-state index in [9.17, 15) is 19.2 Å². The second kappa shape index (κ2) is 9.02. The van der Waals surface area contributed by atoms with E-state index in [2.05, 4.69) is 4.98 Å². The molecule has 0 atom stereocenters. The van der Waals surface area contributed by atoms with Crippen LogP contribution in [-0.4, -0.2) is 71.1 Å². The number of aromatic amines is 1. The van der Waals surface area contributed by atoms with Gasteiger partial charge in [0.15, 0.2) is 6.61 Å². The van der Waals surface area contributed by atoms with Crippen LogP contribution < -0.4 is 0 Å². The van der Waals surface area contributed by atoms with Gasteiger partial charge in [-0.2, -0.15) is 0 Å². The van der Waals surface area contributed by atoms with Crippen LogP contribution in [0.5, 0.6) is 0 Å². The molecule has 3 heterocycles. The smallest absolute Gasteiger partial charge is 0.309 e. The number of carbonyl (C=O) groups is 4. The zero-order chi connectivity index (χ0) is 21.9. The lowest BCUT2D eigenvalue weighted by molar-refractivity contribution is -0.152. The Labute approximate surface area is 176 Å². The van der Waals surface area contributed by atoms with Crippen molar-refractivity contribution in [1.82, 2.24) is 14.8 Å². The Morgan fingerprint density at radius 2 is 1.67 bits per heavy atom. The number of rotatable bonds is 5. The van der Waals surface area contributed by atoms with E-state index in [1.165, 1.54) is 12.3 Å². The second-order valence-corrected chi connectivity index (χ2v) is 9.15. The van der Waals surface area contributed by atoms with Gasteiger partial charge in [0.05, 0.1) is 5.92 Å². The van der Waals surface area contributed by atoms with E-state index in [1.807, 2.05) is 20.8 Å². The van der Waals surface area contributed by atoms with Crippen molar-refractivity contribution in [3.8, 4) is 0 Å². The van der Waals surface area contributed by atoms with Crippen molar-refractivity contribution >= 4 is 23.6 Å². The molecule has 0 spiro atoms. The summed E-state index contributed by atoms with van der Waals surface area (Å²) < 4.78 is 5.23. The Hall–Kier alpha value is -2.64.